The molecule has 2 rings (SSSR count). The number of hydrazine groups is 1. The largest absolute Gasteiger partial charge is 0.494 e. The third-order valence-electron chi connectivity index (χ3n) is 3.31. The Morgan fingerprint density at radius 1 is 0.962 bits per heavy atom. The van der Waals surface area contributed by atoms with Crippen LogP contribution in [-0.2, 0) is 4.79 Å². The second-order valence-corrected chi connectivity index (χ2v) is 5.32. The first-order valence-corrected chi connectivity index (χ1v) is 8.22. The number of ether oxygens (including phenoxy) is 3. The molecule has 7 heteroatoms. The van der Waals surface area contributed by atoms with E-state index in [1.165, 1.54) is 7.11 Å². The van der Waals surface area contributed by atoms with Crippen molar-refractivity contribution in [2.24, 2.45) is 0 Å². The molecule has 26 heavy (non-hydrogen) atoms. The lowest BCUT2D eigenvalue weighted by molar-refractivity contribution is -0.123. The van der Waals surface area contributed by atoms with Gasteiger partial charge in [0.15, 0.2) is 18.1 Å². The van der Waals surface area contributed by atoms with Crippen LogP contribution in [0.5, 0.6) is 17.2 Å². The first-order valence-electron chi connectivity index (χ1n) is 8.22. The summed E-state index contributed by atoms with van der Waals surface area (Å²) in [6.07, 6.45) is 0.874. The van der Waals surface area contributed by atoms with Crippen molar-refractivity contribution in [2.75, 3.05) is 20.3 Å². The van der Waals surface area contributed by atoms with E-state index in [0.717, 1.165) is 6.42 Å². The first kappa shape index (κ1) is 19.1. The molecule has 0 heterocycles. The summed E-state index contributed by atoms with van der Waals surface area (Å²) in [5.41, 5.74) is 5.03. The van der Waals surface area contributed by atoms with Crippen LogP contribution < -0.4 is 25.1 Å². The van der Waals surface area contributed by atoms with Crippen LogP contribution in [0.15, 0.2) is 48.5 Å². The fourth-order valence-electron chi connectivity index (χ4n) is 2.06. The van der Waals surface area contributed by atoms with Crippen molar-refractivity contribution in [3.63, 3.8) is 0 Å². The Balaban J connectivity index is 1.82. The average Bonchev–Trinajstić information content (AvgIpc) is 2.69. The molecular weight excluding hydrogens is 336 g/mol. The Kier molecular flexibility index (Phi) is 7.30. The molecule has 2 N–H and O–H groups in total. The Labute approximate surface area is 152 Å². The molecule has 0 fully saturated rings. The summed E-state index contributed by atoms with van der Waals surface area (Å²) in [5.74, 6) is 0.621. The van der Waals surface area contributed by atoms with Crippen LogP contribution in [0.4, 0.5) is 0 Å². The van der Waals surface area contributed by atoms with Crippen molar-refractivity contribution in [3.8, 4) is 17.2 Å². The van der Waals surface area contributed by atoms with Crippen molar-refractivity contribution in [3.05, 3.63) is 54.1 Å². The number of methoxy groups -OCH3 is 1. The Morgan fingerprint density at radius 2 is 1.73 bits per heavy atom. The molecule has 2 aromatic rings. The molecule has 0 aromatic heterocycles. The highest BCUT2D eigenvalue weighted by molar-refractivity contribution is 5.95. The molecule has 2 amide bonds. The normalized spacial score (nSPS) is 9.92. The molecule has 0 saturated carbocycles. The average molecular weight is 358 g/mol. The Hall–Kier alpha value is -3.22. The van der Waals surface area contributed by atoms with Crippen LogP contribution in [0.25, 0.3) is 0 Å². The van der Waals surface area contributed by atoms with Gasteiger partial charge >= 0.3 is 0 Å². The van der Waals surface area contributed by atoms with Gasteiger partial charge in [0.05, 0.1) is 13.7 Å². The van der Waals surface area contributed by atoms with Gasteiger partial charge < -0.3 is 14.2 Å². The standard InChI is InChI=1S/C19H22N2O5/c1-3-11-25-15-8-6-7-14(12-15)19(23)21-20-18(22)13-26-17-10-5-4-9-16(17)24-2/h4-10,12H,3,11,13H2,1-2H3,(H,20,22)(H,21,23). The SMILES string of the molecule is CCCOc1cccc(C(=O)NNC(=O)COc2ccccc2OC)c1. The smallest absolute Gasteiger partial charge is 0.276 e. The molecule has 7 nitrogen and oxygen atoms in total. The fraction of sp³-hybridized carbons (Fsp3) is 0.263. The lowest BCUT2D eigenvalue weighted by Gasteiger charge is -2.11. The van der Waals surface area contributed by atoms with Gasteiger partial charge in [-0.1, -0.05) is 25.1 Å². The Morgan fingerprint density at radius 3 is 2.46 bits per heavy atom. The zero-order valence-corrected chi connectivity index (χ0v) is 14.8. The van der Waals surface area contributed by atoms with Gasteiger partial charge in [-0.05, 0) is 36.8 Å². The summed E-state index contributed by atoms with van der Waals surface area (Å²) in [6.45, 7) is 2.31. The number of carbonyl (C=O) groups is 2. The predicted octanol–water partition coefficient (Wildman–Crippen LogP) is 2.32. The second-order valence-electron chi connectivity index (χ2n) is 5.32. The summed E-state index contributed by atoms with van der Waals surface area (Å²) < 4.78 is 16.0. The van der Waals surface area contributed by atoms with Crippen LogP contribution in [-0.4, -0.2) is 32.1 Å². The van der Waals surface area contributed by atoms with E-state index in [9.17, 15) is 9.59 Å². The number of benzene rings is 2. The van der Waals surface area contributed by atoms with Gasteiger partial charge in [0.2, 0.25) is 0 Å². The summed E-state index contributed by atoms with van der Waals surface area (Å²) in [4.78, 5) is 24.0. The number of rotatable bonds is 8. The highest BCUT2D eigenvalue weighted by atomic mass is 16.5. The van der Waals surface area contributed by atoms with E-state index >= 15 is 0 Å². The van der Waals surface area contributed by atoms with Gasteiger partial charge in [-0.15, -0.1) is 0 Å². The van der Waals surface area contributed by atoms with Crippen molar-refractivity contribution in [1.82, 2.24) is 10.9 Å². The zero-order chi connectivity index (χ0) is 18.8. The molecule has 0 bridgehead atoms. The van der Waals surface area contributed by atoms with Gasteiger partial charge in [0.25, 0.3) is 11.8 Å². The first-order chi connectivity index (χ1) is 12.6. The van der Waals surface area contributed by atoms with Crippen molar-refractivity contribution < 1.29 is 23.8 Å². The van der Waals surface area contributed by atoms with Crippen molar-refractivity contribution in [1.29, 1.82) is 0 Å². The highest BCUT2D eigenvalue weighted by Gasteiger charge is 2.10. The quantitative estimate of drug-likeness (QED) is 0.708. The van der Waals surface area contributed by atoms with Crippen LogP contribution in [0.1, 0.15) is 23.7 Å². The van der Waals surface area contributed by atoms with Gasteiger partial charge in [0.1, 0.15) is 5.75 Å². The van der Waals surface area contributed by atoms with Crippen LogP contribution in [0.3, 0.4) is 0 Å². The second kappa shape index (κ2) is 9.93. The molecule has 2 aromatic carbocycles. The van der Waals surface area contributed by atoms with E-state index in [4.69, 9.17) is 14.2 Å². The Bertz CT molecular complexity index is 748. The molecule has 0 atom stereocenters. The number of nitrogens with one attached hydrogen (secondary N) is 2. The van der Waals surface area contributed by atoms with Gasteiger partial charge in [-0.25, -0.2) is 0 Å². The predicted molar refractivity (Wildman–Crippen MR) is 96.3 cm³/mol. The minimum Gasteiger partial charge on any atom is -0.494 e. The number of para-hydroxylation sites is 2. The van der Waals surface area contributed by atoms with E-state index in [2.05, 4.69) is 10.9 Å². The number of amides is 2. The summed E-state index contributed by atoms with van der Waals surface area (Å²) in [6, 6.07) is 13.7. The molecule has 0 radical (unpaired) electrons. The molecule has 0 aliphatic rings. The van der Waals surface area contributed by atoms with E-state index in [1.54, 1.807) is 48.5 Å². The molecule has 0 unspecified atom stereocenters. The van der Waals surface area contributed by atoms with Gasteiger partial charge in [-0.3, -0.25) is 20.4 Å². The van der Waals surface area contributed by atoms with E-state index in [-0.39, 0.29) is 6.61 Å². The lowest BCUT2D eigenvalue weighted by atomic mass is 10.2. The maximum atomic E-state index is 12.1. The monoisotopic (exact) mass is 358 g/mol. The maximum absolute atomic E-state index is 12.1. The molecule has 0 saturated heterocycles. The highest BCUT2D eigenvalue weighted by Crippen LogP contribution is 2.25. The van der Waals surface area contributed by atoms with Crippen LogP contribution in [0, 0.1) is 0 Å². The molecule has 0 spiro atoms. The lowest BCUT2D eigenvalue weighted by Crippen LogP contribution is -2.43. The van der Waals surface area contributed by atoms with E-state index in [1.807, 2.05) is 6.92 Å². The van der Waals surface area contributed by atoms with E-state index in [0.29, 0.717) is 29.4 Å². The fourth-order valence-corrected chi connectivity index (χ4v) is 2.06. The summed E-state index contributed by atoms with van der Waals surface area (Å²) in [7, 11) is 1.51. The van der Waals surface area contributed by atoms with Crippen molar-refractivity contribution in [2.45, 2.75) is 13.3 Å². The van der Waals surface area contributed by atoms with E-state index < -0.39 is 11.8 Å². The zero-order valence-electron chi connectivity index (χ0n) is 14.8. The van der Waals surface area contributed by atoms with Crippen LogP contribution in [0.2, 0.25) is 0 Å². The third kappa shape index (κ3) is 5.70. The number of hydrogen-bond donors (Lipinski definition) is 2. The maximum Gasteiger partial charge on any atom is 0.276 e. The van der Waals surface area contributed by atoms with Crippen LogP contribution >= 0.6 is 0 Å². The third-order valence-corrected chi connectivity index (χ3v) is 3.31. The number of hydrogen-bond acceptors (Lipinski definition) is 5. The van der Waals surface area contributed by atoms with Gasteiger partial charge in [-0.2, -0.15) is 0 Å². The molecule has 138 valence electrons. The minimum atomic E-state index is -0.498. The molecule has 0 aliphatic carbocycles. The molecule has 0 aliphatic heterocycles. The summed E-state index contributed by atoms with van der Waals surface area (Å²) in [5, 5.41) is 0. The topological polar surface area (TPSA) is 85.9 Å². The van der Waals surface area contributed by atoms with Gasteiger partial charge in [0, 0.05) is 5.56 Å². The minimum absolute atomic E-state index is 0.264. The number of carbonyl (C=O) groups excluding carboxylic acids is 2. The van der Waals surface area contributed by atoms with Crippen molar-refractivity contribution >= 4 is 11.8 Å². The molecular formula is C19H22N2O5. The summed E-state index contributed by atoms with van der Waals surface area (Å²) >= 11 is 0.